The molecule has 8 nitrogen and oxygen atoms in total. The van der Waals surface area contributed by atoms with Gasteiger partial charge in [0.2, 0.25) is 11.6 Å². The average molecular weight is 425 g/mol. The van der Waals surface area contributed by atoms with Crippen molar-refractivity contribution in [1.82, 2.24) is 9.97 Å². The number of anilines is 4. The highest BCUT2D eigenvalue weighted by Crippen LogP contribution is 2.34. The molecule has 0 aliphatic carbocycles. The van der Waals surface area contributed by atoms with Crippen LogP contribution in [0.1, 0.15) is 5.56 Å². The van der Waals surface area contributed by atoms with Crippen LogP contribution in [0.25, 0.3) is 0 Å². The number of hydrogen-bond donors (Lipinski definition) is 1. The number of benzene rings is 2. The summed E-state index contributed by atoms with van der Waals surface area (Å²) in [4.78, 5) is 24.0. The van der Waals surface area contributed by atoms with Gasteiger partial charge in [-0.15, -0.1) is 0 Å². The summed E-state index contributed by atoms with van der Waals surface area (Å²) < 4.78 is 0. The van der Waals surface area contributed by atoms with E-state index in [0.29, 0.717) is 37.0 Å². The van der Waals surface area contributed by atoms with Crippen molar-refractivity contribution in [2.45, 2.75) is 6.92 Å². The van der Waals surface area contributed by atoms with E-state index < -0.39 is 4.92 Å². The van der Waals surface area contributed by atoms with Crippen molar-refractivity contribution in [2.24, 2.45) is 0 Å². The van der Waals surface area contributed by atoms with Crippen molar-refractivity contribution in [2.75, 3.05) is 41.3 Å². The number of aryl methyl sites for hydroxylation is 1. The first-order valence-corrected chi connectivity index (χ1v) is 9.97. The van der Waals surface area contributed by atoms with Crippen LogP contribution in [0, 0.1) is 17.0 Å². The first kappa shape index (κ1) is 19.9. The maximum absolute atomic E-state index is 11.9. The monoisotopic (exact) mass is 424 g/mol. The quantitative estimate of drug-likeness (QED) is 0.479. The van der Waals surface area contributed by atoms with Gasteiger partial charge in [-0.1, -0.05) is 35.4 Å². The van der Waals surface area contributed by atoms with Gasteiger partial charge in [0.25, 0.3) is 0 Å². The molecule has 2 heterocycles. The largest absolute Gasteiger partial charge is 0.368 e. The maximum atomic E-state index is 11.9. The van der Waals surface area contributed by atoms with Crippen molar-refractivity contribution in [3.63, 3.8) is 0 Å². The Morgan fingerprint density at radius 2 is 1.73 bits per heavy atom. The molecule has 0 bridgehead atoms. The van der Waals surface area contributed by atoms with Crippen LogP contribution >= 0.6 is 11.6 Å². The van der Waals surface area contributed by atoms with Crippen LogP contribution in [0.5, 0.6) is 0 Å². The molecular formula is C21H21ClN6O2. The lowest BCUT2D eigenvalue weighted by atomic mass is 10.2. The third-order valence-corrected chi connectivity index (χ3v) is 5.29. The van der Waals surface area contributed by atoms with Crippen molar-refractivity contribution < 1.29 is 4.92 Å². The van der Waals surface area contributed by atoms with E-state index in [1.54, 1.807) is 0 Å². The van der Waals surface area contributed by atoms with Gasteiger partial charge in [0, 0.05) is 42.6 Å². The lowest BCUT2D eigenvalue weighted by molar-refractivity contribution is -0.383. The van der Waals surface area contributed by atoms with Gasteiger partial charge in [0.15, 0.2) is 0 Å². The lowest BCUT2D eigenvalue weighted by Crippen LogP contribution is -2.47. The van der Waals surface area contributed by atoms with Gasteiger partial charge in [-0.05, 0) is 37.3 Å². The van der Waals surface area contributed by atoms with Gasteiger partial charge in [0.05, 0.1) is 4.92 Å². The predicted molar refractivity (Wildman–Crippen MR) is 119 cm³/mol. The average Bonchev–Trinajstić information content (AvgIpc) is 2.75. The minimum atomic E-state index is -0.421. The molecule has 1 saturated heterocycles. The molecule has 1 fully saturated rings. The van der Waals surface area contributed by atoms with Crippen molar-refractivity contribution in [3.8, 4) is 0 Å². The van der Waals surface area contributed by atoms with Gasteiger partial charge in [-0.2, -0.15) is 0 Å². The number of nitro groups is 1. The van der Waals surface area contributed by atoms with E-state index in [0.717, 1.165) is 16.9 Å². The summed E-state index contributed by atoms with van der Waals surface area (Å²) in [5.74, 6) is 0.515. The molecule has 0 amide bonds. The fourth-order valence-corrected chi connectivity index (χ4v) is 3.67. The van der Waals surface area contributed by atoms with Crippen LogP contribution in [0.3, 0.4) is 0 Å². The highest BCUT2D eigenvalue weighted by atomic mass is 35.5. The van der Waals surface area contributed by atoms with E-state index in [2.05, 4.69) is 20.2 Å². The summed E-state index contributed by atoms with van der Waals surface area (Å²) in [7, 11) is 0. The molecule has 0 atom stereocenters. The predicted octanol–water partition coefficient (Wildman–Crippen LogP) is 4.42. The molecule has 0 spiro atoms. The number of hydrogen-bond acceptors (Lipinski definition) is 7. The van der Waals surface area contributed by atoms with Gasteiger partial charge in [0.1, 0.15) is 6.33 Å². The highest BCUT2D eigenvalue weighted by Gasteiger charge is 2.29. The standard InChI is InChI=1S/C21H21ClN6O2/c1-15-5-7-17(8-6-15)25-20-19(28(29)30)21(24-14-23-20)27-11-9-26(10-12-27)18-4-2-3-16(22)13-18/h2-8,13-14H,9-12H2,1H3,(H,23,24,25). The smallest absolute Gasteiger partial charge is 0.353 e. The summed E-state index contributed by atoms with van der Waals surface area (Å²) in [6.07, 6.45) is 1.36. The molecule has 1 N–H and O–H groups in total. The summed E-state index contributed by atoms with van der Waals surface area (Å²) in [6, 6.07) is 15.3. The normalized spacial score (nSPS) is 13.9. The molecule has 1 aromatic heterocycles. The highest BCUT2D eigenvalue weighted by molar-refractivity contribution is 6.30. The molecule has 4 rings (SSSR count). The van der Waals surface area contributed by atoms with E-state index in [1.807, 2.05) is 60.4 Å². The van der Waals surface area contributed by atoms with Crippen LogP contribution in [0.2, 0.25) is 5.02 Å². The maximum Gasteiger partial charge on any atom is 0.353 e. The Hall–Kier alpha value is -3.39. The van der Waals surface area contributed by atoms with Crippen LogP contribution in [0.4, 0.5) is 28.7 Å². The number of piperazine rings is 1. The summed E-state index contributed by atoms with van der Waals surface area (Å²) in [5, 5.41) is 15.6. The molecule has 30 heavy (non-hydrogen) atoms. The first-order chi connectivity index (χ1) is 14.5. The van der Waals surface area contributed by atoms with E-state index >= 15 is 0 Å². The van der Waals surface area contributed by atoms with E-state index in [1.165, 1.54) is 6.33 Å². The Morgan fingerprint density at radius 1 is 1.03 bits per heavy atom. The van der Waals surface area contributed by atoms with Crippen molar-refractivity contribution in [1.29, 1.82) is 0 Å². The van der Waals surface area contributed by atoms with Gasteiger partial charge >= 0.3 is 5.69 Å². The second kappa shape index (κ2) is 8.54. The first-order valence-electron chi connectivity index (χ1n) is 9.60. The minimum Gasteiger partial charge on any atom is -0.368 e. The Bertz CT molecular complexity index is 1050. The van der Waals surface area contributed by atoms with Crippen molar-refractivity contribution >= 4 is 40.3 Å². The minimum absolute atomic E-state index is 0.116. The van der Waals surface area contributed by atoms with E-state index in [4.69, 9.17) is 11.6 Å². The van der Waals surface area contributed by atoms with Crippen LogP contribution < -0.4 is 15.1 Å². The van der Waals surface area contributed by atoms with Crippen LogP contribution in [0.15, 0.2) is 54.9 Å². The SMILES string of the molecule is Cc1ccc(Nc2ncnc(N3CCN(c4cccc(Cl)c4)CC3)c2[N+](=O)[O-])cc1. The number of halogens is 1. The number of rotatable bonds is 5. The Labute approximate surface area is 179 Å². The third kappa shape index (κ3) is 4.28. The summed E-state index contributed by atoms with van der Waals surface area (Å²) in [5.41, 5.74) is 2.77. The molecule has 3 aromatic rings. The van der Waals surface area contributed by atoms with Crippen molar-refractivity contribution in [3.05, 3.63) is 75.6 Å². The number of nitrogens with zero attached hydrogens (tertiary/aromatic N) is 5. The zero-order chi connectivity index (χ0) is 21.1. The van der Waals surface area contributed by atoms with E-state index in [-0.39, 0.29) is 11.5 Å². The molecule has 2 aromatic carbocycles. The molecule has 1 aliphatic heterocycles. The summed E-state index contributed by atoms with van der Waals surface area (Å²) >= 11 is 6.10. The van der Waals surface area contributed by atoms with Gasteiger partial charge in [-0.25, -0.2) is 9.97 Å². The fourth-order valence-electron chi connectivity index (χ4n) is 3.48. The van der Waals surface area contributed by atoms with Gasteiger partial charge in [-0.3, -0.25) is 10.1 Å². The molecule has 154 valence electrons. The second-order valence-electron chi connectivity index (χ2n) is 7.10. The number of nitrogens with one attached hydrogen (secondary N) is 1. The molecular weight excluding hydrogens is 404 g/mol. The molecule has 9 heteroatoms. The topological polar surface area (TPSA) is 87.4 Å². The Kier molecular flexibility index (Phi) is 5.67. The van der Waals surface area contributed by atoms with Crippen LogP contribution in [-0.4, -0.2) is 41.1 Å². The molecule has 0 saturated carbocycles. The Balaban J connectivity index is 1.55. The Morgan fingerprint density at radius 3 is 2.40 bits per heavy atom. The lowest BCUT2D eigenvalue weighted by Gasteiger charge is -2.36. The molecule has 0 unspecified atom stereocenters. The molecule has 0 radical (unpaired) electrons. The zero-order valence-corrected chi connectivity index (χ0v) is 17.2. The van der Waals surface area contributed by atoms with Crippen LogP contribution in [-0.2, 0) is 0 Å². The zero-order valence-electron chi connectivity index (χ0n) is 16.5. The second-order valence-corrected chi connectivity index (χ2v) is 7.53. The molecule has 1 aliphatic rings. The number of aromatic nitrogens is 2. The van der Waals surface area contributed by atoms with E-state index in [9.17, 15) is 10.1 Å². The third-order valence-electron chi connectivity index (χ3n) is 5.05. The fraction of sp³-hybridized carbons (Fsp3) is 0.238. The summed E-state index contributed by atoms with van der Waals surface area (Å²) in [6.45, 7) is 4.62. The van der Waals surface area contributed by atoms with Gasteiger partial charge < -0.3 is 15.1 Å².